The Morgan fingerprint density at radius 1 is 1.26 bits per heavy atom. The molecule has 23 heavy (non-hydrogen) atoms. The van der Waals surface area contributed by atoms with E-state index in [4.69, 9.17) is 4.74 Å². The standard InChI is InChI=1S/C19H28N2O2/c1-14(15-8-10-23-11-9-15)20-13-17-12-18(22)21(2)19(17)16-6-4-3-5-7-16/h3-7,14-15,17,19-20H,8-13H2,1-2H3/t14-,17-,19-/m0/s1. The summed E-state index contributed by atoms with van der Waals surface area (Å²) in [7, 11) is 1.93. The number of amides is 1. The number of ether oxygens (including phenoxy) is 1. The van der Waals surface area contributed by atoms with Crippen LogP contribution in [0.25, 0.3) is 0 Å². The summed E-state index contributed by atoms with van der Waals surface area (Å²) < 4.78 is 5.45. The second-order valence-electron chi connectivity index (χ2n) is 6.97. The van der Waals surface area contributed by atoms with Crippen LogP contribution >= 0.6 is 0 Å². The molecule has 1 amide bonds. The van der Waals surface area contributed by atoms with Crippen molar-refractivity contribution in [1.82, 2.24) is 10.2 Å². The van der Waals surface area contributed by atoms with Crippen molar-refractivity contribution in [3.63, 3.8) is 0 Å². The van der Waals surface area contributed by atoms with E-state index >= 15 is 0 Å². The second kappa shape index (κ2) is 7.45. The molecule has 1 N–H and O–H groups in total. The first-order chi connectivity index (χ1) is 11.2. The fourth-order valence-corrected chi connectivity index (χ4v) is 4.00. The van der Waals surface area contributed by atoms with Crippen molar-refractivity contribution in [2.45, 2.75) is 38.3 Å². The second-order valence-corrected chi connectivity index (χ2v) is 6.97. The number of benzene rings is 1. The Morgan fingerprint density at radius 3 is 2.65 bits per heavy atom. The maximum atomic E-state index is 12.2. The summed E-state index contributed by atoms with van der Waals surface area (Å²) in [5.74, 6) is 1.29. The summed E-state index contributed by atoms with van der Waals surface area (Å²) >= 11 is 0. The van der Waals surface area contributed by atoms with Crippen molar-refractivity contribution < 1.29 is 9.53 Å². The molecule has 2 heterocycles. The molecule has 0 radical (unpaired) electrons. The van der Waals surface area contributed by atoms with E-state index in [1.54, 1.807) is 0 Å². The van der Waals surface area contributed by atoms with Gasteiger partial charge in [-0.05, 0) is 31.2 Å². The van der Waals surface area contributed by atoms with Gasteiger partial charge >= 0.3 is 0 Å². The number of nitrogens with zero attached hydrogens (tertiary/aromatic N) is 1. The molecule has 2 saturated heterocycles. The summed E-state index contributed by atoms with van der Waals surface area (Å²) in [5.41, 5.74) is 1.24. The van der Waals surface area contributed by atoms with E-state index in [0.29, 0.717) is 24.3 Å². The van der Waals surface area contributed by atoms with Crippen LogP contribution in [0, 0.1) is 11.8 Å². The van der Waals surface area contributed by atoms with Crippen LogP contribution < -0.4 is 5.32 Å². The van der Waals surface area contributed by atoms with Crippen LogP contribution in [0.4, 0.5) is 0 Å². The van der Waals surface area contributed by atoms with E-state index in [9.17, 15) is 4.79 Å². The average molecular weight is 316 g/mol. The molecule has 4 nitrogen and oxygen atoms in total. The quantitative estimate of drug-likeness (QED) is 0.908. The zero-order valence-electron chi connectivity index (χ0n) is 14.2. The third kappa shape index (κ3) is 3.75. The fraction of sp³-hybridized carbons (Fsp3) is 0.632. The van der Waals surface area contributed by atoms with Crippen LogP contribution in [0.2, 0.25) is 0 Å². The molecule has 3 atom stereocenters. The van der Waals surface area contributed by atoms with E-state index in [2.05, 4.69) is 36.5 Å². The monoisotopic (exact) mass is 316 g/mol. The molecule has 0 bridgehead atoms. The Hall–Kier alpha value is -1.39. The van der Waals surface area contributed by atoms with E-state index in [0.717, 1.165) is 32.6 Å². The third-order valence-electron chi connectivity index (χ3n) is 5.51. The van der Waals surface area contributed by atoms with Crippen molar-refractivity contribution in [3.8, 4) is 0 Å². The van der Waals surface area contributed by atoms with Crippen molar-refractivity contribution in [1.29, 1.82) is 0 Å². The highest BCUT2D eigenvalue weighted by atomic mass is 16.5. The van der Waals surface area contributed by atoms with Crippen LogP contribution in [-0.2, 0) is 9.53 Å². The normalized spacial score (nSPS) is 27.4. The summed E-state index contributed by atoms with van der Waals surface area (Å²) in [4.78, 5) is 14.1. The number of rotatable bonds is 5. The van der Waals surface area contributed by atoms with Gasteiger partial charge in [-0.1, -0.05) is 30.3 Å². The molecule has 0 aliphatic carbocycles. The van der Waals surface area contributed by atoms with Gasteiger partial charge in [-0.3, -0.25) is 4.79 Å². The molecule has 2 aliphatic heterocycles. The molecule has 0 unspecified atom stereocenters. The zero-order chi connectivity index (χ0) is 16.2. The molecule has 0 aromatic heterocycles. The van der Waals surface area contributed by atoms with Gasteiger partial charge < -0.3 is 15.0 Å². The summed E-state index contributed by atoms with van der Waals surface area (Å²) in [5, 5.41) is 3.70. The number of carbonyl (C=O) groups is 1. The Balaban J connectivity index is 1.62. The molecule has 1 aromatic rings. The Bertz CT molecular complexity index is 513. The first-order valence-corrected chi connectivity index (χ1v) is 8.78. The van der Waals surface area contributed by atoms with Crippen LogP contribution in [0.1, 0.15) is 37.8 Å². The lowest BCUT2D eigenvalue weighted by Crippen LogP contribution is -2.40. The topological polar surface area (TPSA) is 41.6 Å². The van der Waals surface area contributed by atoms with Crippen LogP contribution in [0.15, 0.2) is 30.3 Å². The first kappa shape index (κ1) is 16.5. The lowest BCUT2D eigenvalue weighted by molar-refractivity contribution is -0.127. The largest absolute Gasteiger partial charge is 0.381 e. The SMILES string of the molecule is C[C@H](NC[C@@H]1CC(=O)N(C)[C@H]1c1ccccc1)C1CCOCC1. The highest BCUT2D eigenvalue weighted by Crippen LogP contribution is 2.36. The van der Waals surface area contributed by atoms with E-state index in [1.807, 2.05) is 18.0 Å². The third-order valence-corrected chi connectivity index (χ3v) is 5.51. The molecule has 4 heteroatoms. The summed E-state index contributed by atoms with van der Waals surface area (Å²) in [6.45, 7) is 4.93. The predicted octanol–water partition coefficient (Wildman–Crippen LogP) is 2.61. The maximum absolute atomic E-state index is 12.2. The Morgan fingerprint density at radius 2 is 1.96 bits per heavy atom. The average Bonchev–Trinajstić information content (AvgIpc) is 2.88. The van der Waals surface area contributed by atoms with Crippen molar-refractivity contribution in [2.75, 3.05) is 26.8 Å². The van der Waals surface area contributed by atoms with E-state index in [-0.39, 0.29) is 11.9 Å². The van der Waals surface area contributed by atoms with Crippen LogP contribution in [0.5, 0.6) is 0 Å². The van der Waals surface area contributed by atoms with Crippen molar-refractivity contribution in [3.05, 3.63) is 35.9 Å². The van der Waals surface area contributed by atoms with Gasteiger partial charge in [0.15, 0.2) is 0 Å². The van der Waals surface area contributed by atoms with Crippen LogP contribution in [-0.4, -0.2) is 43.7 Å². The van der Waals surface area contributed by atoms with Crippen molar-refractivity contribution in [2.24, 2.45) is 11.8 Å². The highest BCUT2D eigenvalue weighted by molar-refractivity contribution is 5.79. The smallest absolute Gasteiger partial charge is 0.223 e. The molecular formula is C19H28N2O2. The van der Waals surface area contributed by atoms with Gasteiger partial charge in [0.25, 0.3) is 0 Å². The predicted molar refractivity (Wildman–Crippen MR) is 91.1 cm³/mol. The van der Waals surface area contributed by atoms with Gasteiger partial charge in [0, 0.05) is 45.2 Å². The van der Waals surface area contributed by atoms with Crippen molar-refractivity contribution >= 4 is 5.91 Å². The van der Waals surface area contributed by atoms with Crippen LogP contribution in [0.3, 0.4) is 0 Å². The van der Waals surface area contributed by atoms with Gasteiger partial charge in [-0.15, -0.1) is 0 Å². The van der Waals surface area contributed by atoms with Gasteiger partial charge in [0.05, 0.1) is 6.04 Å². The summed E-state index contributed by atoms with van der Waals surface area (Å²) in [6.07, 6.45) is 2.92. The van der Waals surface area contributed by atoms with Gasteiger partial charge in [0.1, 0.15) is 0 Å². The Labute approximate surface area is 139 Å². The fourth-order valence-electron chi connectivity index (χ4n) is 4.00. The van der Waals surface area contributed by atoms with Gasteiger partial charge in [-0.25, -0.2) is 0 Å². The lowest BCUT2D eigenvalue weighted by Gasteiger charge is -2.31. The molecule has 0 spiro atoms. The van der Waals surface area contributed by atoms with Gasteiger partial charge in [0.2, 0.25) is 5.91 Å². The minimum Gasteiger partial charge on any atom is -0.381 e. The molecular weight excluding hydrogens is 288 g/mol. The Kier molecular flexibility index (Phi) is 5.34. The summed E-state index contributed by atoms with van der Waals surface area (Å²) in [6, 6.07) is 11.1. The molecule has 0 saturated carbocycles. The number of hydrogen-bond acceptors (Lipinski definition) is 3. The minimum atomic E-state index is 0.193. The molecule has 2 aliphatic rings. The van der Waals surface area contributed by atoms with E-state index < -0.39 is 0 Å². The number of hydrogen-bond donors (Lipinski definition) is 1. The molecule has 3 rings (SSSR count). The van der Waals surface area contributed by atoms with E-state index in [1.165, 1.54) is 5.56 Å². The minimum absolute atomic E-state index is 0.193. The number of carbonyl (C=O) groups excluding carboxylic acids is 1. The number of nitrogens with one attached hydrogen (secondary N) is 1. The first-order valence-electron chi connectivity index (χ1n) is 8.78. The lowest BCUT2D eigenvalue weighted by atomic mass is 9.90. The maximum Gasteiger partial charge on any atom is 0.223 e. The zero-order valence-corrected chi connectivity index (χ0v) is 14.2. The highest BCUT2D eigenvalue weighted by Gasteiger charge is 2.38. The molecule has 126 valence electrons. The molecule has 1 aromatic carbocycles. The number of likely N-dealkylation sites (tertiary alicyclic amines) is 1. The molecule has 2 fully saturated rings. The van der Waals surface area contributed by atoms with Gasteiger partial charge in [-0.2, -0.15) is 0 Å².